The Bertz CT molecular complexity index is 886. The van der Waals surface area contributed by atoms with Gasteiger partial charge < -0.3 is 9.84 Å². The highest BCUT2D eigenvalue weighted by Crippen LogP contribution is 2.37. The Morgan fingerprint density at radius 2 is 1.56 bits per heavy atom. The van der Waals surface area contributed by atoms with E-state index in [0.717, 1.165) is 11.6 Å². The van der Waals surface area contributed by atoms with E-state index in [-0.39, 0.29) is 11.7 Å². The van der Waals surface area contributed by atoms with Crippen LogP contribution in [0.1, 0.15) is 5.56 Å². The number of carbonyl (C=O) groups excluding carboxylic acids is 2. The zero-order valence-corrected chi connectivity index (χ0v) is 13.2. The maximum Gasteiger partial charge on any atom is 0.334 e. The highest BCUT2D eigenvalue weighted by Gasteiger charge is 2.44. The van der Waals surface area contributed by atoms with Crippen LogP contribution in [-0.4, -0.2) is 23.1 Å². The molecule has 2 aliphatic rings. The Labute approximate surface area is 144 Å². The first-order valence-electron chi connectivity index (χ1n) is 7.92. The fourth-order valence-corrected chi connectivity index (χ4v) is 3.18. The smallest absolute Gasteiger partial charge is 0.334 e. The van der Waals surface area contributed by atoms with E-state index >= 15 is 0 Å². The van der Waals surface area contributed by atoms with Gasteiger partial charge in [-0.3, -0.25) is 9.69 Å². The van der Waals surface area contributed by atoms with Crippen molar-refractivity contribution in [3.63, 3.8) is 0 Å². The molecule has 1 N–H and O–H groups in total. The first-order valence-corrected chi connectivity index (χ1v) is 7.92. The van der Waals surface area contributed by atoms with Crippen LogP contribution in [0.15, 0.2) is 78.6 Å². The maximum atomic E-state index is 13.2. The van der Waals surface area contributed by atoms with Gasteiger partial charge in [-0.15, -0.1) is 0 Å². The Kier molecular flexibility index (Phi) is 3.61. The summed E-state index contributed by atoms with van der Waals surface area (Å²) in [6.45, 7) is 0. The van der Waals surface area contributed by atoms with E-state index in [2.05, 4.69) is 0 Å². The number of nitrogens with zero attached hydrogens (tertiary/aromatic N) is 1. The molecule has 5 heteroatoms. The molecule has 2 aromatic carbocycles. The van der Waals surface area contributed by atoms with Gasteiger partial charge in [-0.2, -0.15) is 0 Å². The van der Waals surface area contributed by atoms with Crippen molar-refractivity contribution in [1.29, 1.82) is 0 Å². The number of fused-ring (bicyclic) bond motifs is 1. The molecule has 0 saturated carbocycles. The number of amides is 1. The number of hydrogen-bond donors (Lipinski definition) is 1. The van der Waals surface area contributed by atoms with Crippen molar-refractivity contribution in [1.82, 2.24) is 0 Å². The largest absolute Gasteiger partial charge is 0.511 e. The summed E-state index contributed by atoms with van der Waals surface area (Å²) in [5, 5.41) is 10.2. The van der Waals surface area contributed by atoms with E-state index in [4.69, 9.17) is 4.74 Å². The standard InChI is InChI=1S/C20H15NO4/c22-16-12-18(23)25-17-11-15(13-7-3-1-4-8-13)21(20(24)19(16)17)14-9-5-2-6-10-14/h1-12,17,19,22H. The molecular weight excluding hydrogens is 318 g/mol. The number of hydrogen-bond acceptors (Lipinski definition) is 4. The monoisotopic (exact) mass is 333 g/mol. The van der Waals surface area contributed by atoms with Crippen molar-refractivity contribution in [2.45, 2.75) is 6.10 Å². The minimum atomic E-state index is -0.926. The van der Waals surface area contributed by atoms with E-state index in [0.29, 0.717) is 11.4 Å². The number of benzene rings is 2. The van der Waals surface area contributed by atoms with Gasteiger partial charge in [0.25, 0.3) is 0 Å². The van der Waals surface area contributed by atoms with Gasteiger partial charge in [0.2, 0.25) is 5.91 Å². The van der Waals surface area contributed by atoms with Gasteiger partial charge in [-0.05, 0) is 23.8 Å². The molecule has 0 spiro atoms. The van der Waals surface area contributed by atoms with Crippen LogP contribution in [0.3, 0.4) is 0 Å². The number of ether oxygens (including phenoxy) is 1. The number of esters is 1. The third-order valence-corrected chi connectivity index (χ3v) is 4.30. The Morgan fingerprint density at radius 1 is 0.920 bits per heavy atom. The van der Waals surface area contributed by atoms with Crippen molar-refractivity contribution >= 4 is 23.3 Å². The summed E-state index contributed by atoms with van der Waals surface area (Å²) in [6.07, 6.45) is 1.86. The SMILES string of the molecule is O=C1C=C(O)C2C(=O)N(c3ccccc3)C(c3ccccc3)=CC2O1. The van der Waals surface area contributed by atoms with Gasteiger partial charge >= 0.3 is 5.97 Å². The highest BCUT2D eigenvalue weighted by molar-refractivity contribution is 6.11. The van der Waals surface area contributed by atoms with Crippen LogP contribution in [0, 0.1) is 5.92 Å². The number of para-hydroxylation sites is 1. The molecule has 4 rings (SSSR count). The lowest BCUT2D eigenvalue weighted by molar-refractivity contribution is -0.147. The van der Waals surface area contributed by atoms with Crippen molar-refractivity contribution < 1.29 is 19.4 Å². The fraction of sp³-hybridized carbons (Fsp3) is 0.100. The lowest BCUT2D eigenvalue weighted by Crippen LogP contribution is -2.48. The summed E-state index contributed by atoms with van der Waals surface area (Å²) >= 11 is 0. The van der Waals surface area contributed by atoms with Gasteiger partial charge in [0.15, 0.2) is 0 Å². The molecule has 0 bridgehead atoms. The molecule has 0 aliphatic carbocycles. The predicted molar refractivity (Wildman–Crippen MR) is 92.4 cm³/mol. The molecule has 2 unspecified atom stereocenters. The van der Waals surface area contributed by atoms with Crippen molar-refractivity contribution in [2.75, 3.05) is 4.90 Å². The first-order chi connectivity index (χ1) is 12.1. The van der Waals surface area contributed by atoms with Crippen molar-refractivity contribution in [3.05, 3.63) is 84.1 Å². The maximum absolute atomic E-state index is 13.2. The molecule has 124 valence electrons. The van der Waals surface area contributed by atoms with E-state index in [1.165, 1.54) is 0 Å². The van der Waals surface area contributed by atoms with Crippen LogP contribution in [0.2, 0.25) is 0 Å². The number of aliphatic hydroxyl groups excluding tert-OH is 1. The molecule has 2 atom stereocenters. The van der Waals surface area contributed by atoms with Gasteiger partial charge in [0.1, 0.15) is 17.8 Å². The summed E-state index contributed by atoms with van der Waals surface area (Å²) in [7, 11) is 0. The second kappa shape index (κ2) is 5.94. The number of aliphatic hydroxyl groups is 1. The van der Waals surface area contributed by atoms with E-state index in [1.807, 2.05) is 60.7 Å². The summed E-state index contributed by atoms with van der Waals surface area (Å²) < 4.78 is 5.27. The zero-order chi connectivity index (χ0) is 17.4. The van der Waals surface area contributed by atoms with Crippen LogP contribution in [0.25, 0.3) is 5.70 Å². The van der Waals surface area contributed by atoms with Crippen LogP contribution in [0.4, 0.5) is 5.69 Å². The lowest BCUT2D eigenvalue weighted by atomic mass is 9.89. The molecule has 5 nitrogen and oxygen atoms in total. The molecule has 2 aliphatic heterocycles. The summed E-state index contributed by atoms with van der Waals surface area (Å²) in [5.41, 5.74) is 2.13. The number of anilines is 1. The van der Waals surface area contributed by atoms with Gasteiger partial charge in [-0.1, -0.05) is 48.5 Å². The molecule has 0 saturated heterocycles. The molecule has 2 heterocycles. The minimum Gasteiger partial charge on any atom is -0.511 e. The Morgan fingerprint density at radius 3 is 2.24 bits per heavy atom. The topological polar surface area (TPSA) is 66.8 Å². The van der Waals surface area contributed by atoms with Crippen LogP contribution in [0.5, 0.6) is 0 Å². The van der Waals surface area contributed by atoms with Gasteiger partial charge in [0.05, 0.1) is 11.8 Å². The van der Waals surface area contributed by atoms with Crippen molar-refractivity contribution in [3.8, 4) is 0 Å². The molecule has 0 aromatic heterocycles. The van der Waals surface area contributed by atoms with E-state index in [1.54, 1.807) is 11.0 Å². The fourth-order valence-electron chi connectivity index (χ4n) is 3.18. The lowest BCUT2D eigenvalue weighted by Gasteiger charge is -2.38. The Balaban J connectivity index is 1.89. The number of carbonyl (C=O) groups is 2. The zero-order valence-electron chi connectivity index (χ0n) is 13.2. The molecule has 0 radical (unpaired) electrons. The van der Waals surface area contributed by atoms with E-state index in [9.17, 15) is 14.7 Å². The third kappa shape index (κ3) is 2.59. The quantitative estimate of drug-likeness (QED) is 0.858. The normalized spacial score (nSPS) is 22.6. The highest BCUT2D eigenvalue weighted by atomic mass is 16.5. The minimum absolute atomic E-state index is 0.268. The van der Waals surface area contributed by atoms with E-state index < -0.39 is 18.0 Å². The first kappa shape index (κ1) is 15.2. The average molecular weight is 333 g/mol. The van der Waals surface area contributed by atoms with Crippen LogP contribution < -0.4 is 4.90 Å². The second-order valence-corrected chi connectivity index (χ2v) is 5.88. The summed E-state index contributed by atoms with van der Waals surface area (Å²) in [6, 6.07) is 18.6. The van der Waals surface area contributed by atoms with Crippen LogP contribution in [-0.2, 0) is 14.3 Å². The molecule has 25 heavy (non-hydrogen) atoms. The number of rotatable bonds is 2. The predicted octanol–water partition coefficient (Wildman–Crippen LogP) is 3.06. The average Bonchev–Trinajstić information content (AvgIpc) is 2.62. The molecular formula is C20H15NO4. The second-order valence-electron chi connectivity index (χ2n) is 5.88. The molecule has 1 amide bonds. The summed E-state index contributed by atoms with van der Waals surface area (Å²) in [4.78, 5) is 26.3. The third-order valence-electron chi connectivity index (χ3n) is 4.30. The molecule has 0 fully saturated rings. The van der Waals surface area contributed by atoms with Crippen molar-refractivity contribution in [2.24, 2.45) is 5.92 Å². The van der Waals surface area contributed by atoms with Gasteiger partial charge in [-0.25, -0.2) is 4.79 Å². The Hall–Kier alpha value is -3.34. The van der Waals surface area contributed by atoms with Gasteiger partial charge in [0, 0.05) is 5.69 Å². The summed E-state index contributed by atoms with van der Waals surface area (Å²) in [5.74, 6) is -2.18. The van der Waals surface area contributed by atoms with Crippen LogP contribution >= 0.6 is 0 Å². The molecule has 2 aromatic rings.